The smallest absolute Gasteiger partial charge is 0.207 e. The molecule has 1 aromatic heterocycles. The van der Waals surface area contributed by atoms with Gasteiger partial charge in [-0.3, -0.25) is 0 Å². The summed E-state index contributed by atoms with van der Waals surface area (Å²) in [5.74, 6) is 0.517. The third-order valence-corrected chi connectivity index (χ3v) is 2.92. The number of benzene rings is 1. The van der Waals surface area contributed by atoms with E-state index in [4.69, 9.17) is 9.47 Å². The van der Waals surface area contributed by atoms with Gasteiger partial charge in [-0.1, -0.05) is 0 Å². The number of anilines is 2. The van der Waals surface area contributed by atoms with Crippen molar-refractivity contribution in [2.24, 2.45) is 0 Å². The Labute approximate surface area is 123 Å². The summed E-state index contributed by atoms with van der Waals surface area (Å²) in [5.41, 5.74) is 1.51. The van der Waals surface area contributed by atoms with E-state index in [1.54, 1.807) is 19.2 Å². The number of hydrogen-bond acceptors (Lipinski definition) is 4. The first-order valence-electron chi connectivity index (χ1n) is 6.86. The van der Waals surface area contributed by atoms with Crippen LogP contribution in [0, 0.1) is 12.7 Å². The minimum atomic E-state index is -0.395. The molecule has 0 aliphatic heterocycles. The van der Waals surface area contributed by atoms with Gasteiger partial charge in [0.15, 0.2) is 11.6 Å². The summed E-state index contributed by atoms with van der Waals surface area (Å²) in [6.45, 7) is 5.43. The van der Waals surface area contributed by atoms with Gasteiger partial charge in [-0.05, 0) is 26.0 Å². The highest BCUT2D eigenvalue weighted by Crippen LogP contribution is 2.23. The summed E-state index contributed by atoms with van der Waals surface area (Å²) in [4.78, 5) is 4.39. The molecule has 0 unspecified atom stereocenters. The molecule has 6 heteroatoms. The Balaban J connectivity index is 2.16. The molecule has 0 saturated heterocycles. The Hall–Kier alpha value is -2.08. The molecule has 2 aromatic rings. The average Bonchev–Trinajstić information content (AvgIpc) is 2.79. The molecule has 0 bridgehead atoms. The van der Waals surface area contributed by atoms with Crippen LogP contribution in [0.4, 0.5) is 16.0 Å². The van der Waals surface area contributed by atoms with Crippen LogP contribution >= 0.6 is 0 Å². The standard InChI is InChI=1S/C15H20FN3O2/c1-4-21-14-6-5-12(9-13(14)16)18-15-17-11(2)10-19(15)7-8-20-3/h5-6,9-10H,4,7-8H2,1-3H3,(H,17,18). The first-order chi connectivity index (χ1) is 10.1. The lowest BCUT2D eigenvalue weighted by molar-refractivity contribution is 0.188. The minimum absolute atomic E-state index is 0.252. The molecule has 0 aliphatic rings. The van der Waals surface area contributed by atoms with Crippen LogP contribution in [0.3, 0.4) is 0 Å². The van der Waals surface area contributed by atoms with E-state index in [0.29, 0.717) is 31.4 Å². The lowest BCUT2D eigenvalue weighted by Gasteiger charge is -2.11. The highest BCUT2D eigenvalue weighted by molar-refractivity contribution is 5.55. The van der Waals surface area contributed by atoms with Gasteiger partial charge in [-0.2, -0.15) is 0 Å². The Kier molecular flexibility index (Phi) is 5.16. The molecular weight excluding hydrogens is 273 g/mol. The molecule has 2 rings (SSSR count). The zero-order valence-corrected chi connectivity index (χ0v) is 12.5. The second-order valence-electron chi connectivity index (χ2n) is 4.60. The molecule has 0 fully saturated rings. The number of nitrogens with zero attached hydrogens (tertiary/aromatic N) is 2. The summed E-state index contributed by atoms with van der Waals surface area (Å²) in [7, 11) is 1.65. The van der Waals surface area contributed by atoms with Gasteiger partial charge in [0.2, 0.25) is 5.95 Å². The number of halogens is 1. The van der Waals surface area contributed by atoms with Crippen LogP contribution in [0.5, 0.6) is 5.75 Å². The molecule has 114 valence electrons. The lowest BCUT2D eigenvalue weighted by atomic mass is 10.3. The van der Waals surface area contributed by atoms with Gasteiger partial charge in [-0.15, -0.1) is 0 Å². The number of imidazole rings is 1. The predicted octanol–water partition coefficient (Wildman–Crippen LogP) is 3.12. The fourth-order valence-electron chi connectivity index (χ4n) is 1.99. The first kappa shape index (κ1) is 15.3. The van der Waals surface area contributed by atoms with Crippen molar-refractivity contribution in [2.45, 2.75) is 20.4 Å². The summed E-state index contributed by atoms with van der Waals surface area (Å²) in [6, 6.07) is 4.77. The van der Waals surface area contributed by atoms with Crippen molar-refractivity contribution in [3.05, 3.63) is 35.9 Å². The van der Waals surface area contributed by atoms with Crippen LogP contribution in [-0.2, 0) is 11.3 Å². The number of methoxy groups -OCH3 is 1. The zero-order chi connectivity index (χ0) is 15.2. The molecule has 0 amide bonds. The fourth-order valence-corrected chi connectivity index (χ4v) is 1.99. The third kappa shape index (κ3) is 3.95. The lowest BCUT2D eigenvalue weighted by Crippen LogP contribution is -2.07. The van der Waals surface area contributed by atoms with Crippen molar-refractivity contribution in [2.75, 3.05) is 25.6 Å². The normalized spacial score (nSPS) is 10.7. The minimum Gasteiger partial charge on any atom is -0.491 e. The maximum atomic E-state index is 13.8. The average molecular weight is 293 g/mol. The fraction of sp³-hybridized carbons (Fsp3) is 0.400. The number of aromatic nitrogens is 2. The second kappa shape index (κ2) is 7.08. The Bertz CT molecular complexity index is 599. The maximum absolute atomic E-state index is 13.8. The van der Waals surface area contributed by atoms with E-state index >= 15 is 0 Å². The van der Waals surface area contributed by atoms with Crippen molar-refractivity contribution in [1.29, 1.82) is 0 Å². The van der Waals surface area contributed by atoms with Crippen LogP contribution in [0.25, 0.3) is 0 Å². The Morgan fingerprint density at radius 3 is 2.86 bits per heavy atom. The maximum Gasteiger partial charge on any atom is 0.207 e. The number of hydrogen-bond donors (Lipinski definition) is 1. The quantitative estimate of drug-likeness (QED) is 0.852. The van der Waals surface area contributed by atoms with Gasteiger partial charge in [0.1, 0.15) is 0 Å². The van der Waals surface area contributed by atoms with Gasteiger partial charge >= 0.3 is 0 Å². The summed E-state index contributed by atoms with van der Waals surface area (Å²) < 4.78 is 26.0. The van der Waals surface area contributed by atoms with Gasteiger partial charge in [0.25, 0.3) is 0 Å². The van der Waals surface area contributed by atoms with Gasteiger partial charge in [-0.25, -0.2) is 9.37 Å². The van der Waals surface area contributed by atoms with Crippen molar-refractivity contribution in [3.63, 3.8) is 0 Å². The molecule has 5 nitrogen and oxygen atoms in total. The molecule has 1 heterocycles. The van der Waals surface area contributed by atoms with Crippen LogP contribution in [0.2, 0.25) is 0 Å². The summed E-state index contributed by atoms with van der Waals surface area (Å²) in [6.07, 6.45) is 1.92. The van der Waals surface area contributed by atoms with Crippen LogP contribution in [-0.4, -0.2) is 29.9 Å². The third-order valence-electron chi connectivity index (χ3n) is 2.92. The zero-order valence-electron chi connectivity index (χ0n) is 12.5. The second-order valence-corrected chi connectivity index (χ2v) is 4.60. The largest absolute Gasteiger partial charge is 0.491 e. The molecule has 0 radical (unpaired) electrons. The van der Waals surface area contributed by atoms with Crippen LogP contribution in [0.15, 0.2) is 24.4 Å². The van der Waals surface area contributed by atoms with Crippen LogP contribution < -0.4 is 10.1 Å². The van der Waals surface area contributed by atoms with E-state index in [0.717, 1.165) is 5.69 Å². The molecule has 0 aliphatic carbocycles. The van der Waals surface area contributed by atoms with Crippen molar-refractivity contribution < 1.29 is 13.9 Å². The van der Waals surface area contributed by atoms with Crippen molar-refractivity contribution in [1.82, 2.24) is 9.55 Å². The van der Waals surface area contributed by atoms with E-state index in [1.165, 1.54) is 6.07 Å². The molecule has 0 spiro atoms. The highest BCUT2D eigenvalue weighted by Gasteiger charge is 2.08. The molecular formula is C15H20FN3O2. The molecule has 21 heavy (non-hydrogen) atoms. The van der Waals surface area contributed by atoms with Gasteiger partial charge in [0, 0.05) is 31.6 Å². The van der Waals surface area contributed by atoms with E-state index in [1.807, 2.05) is 24.6 Å². The van der Waals surface area contributed by atoms with E-state index in [-0.39, 0.29) is 5.75 Å². The van der Waals surface area contributed by atoms with E-state index < -0.39 is 5.82 Å². The van der Waals surface area contributed by atoms with Gasteiger partial charge < -0.3 is 19.4 Å². The SMILES string of the molecule is CCOc1ccc(Nc2nc(C)cn2CCOC)cc1F. The van der Waals surface area contributed by atoms with Crippen LogP contribution in [0.1, 0.15) is 12.6 Å². The van der Waals surface area contributed by atoms with Crippen molar-refractivity contribution in [3.8, 4) is 5.75 Å². The Morgan fingerprint density at radius 2 is 2.19 bits per heavy atom. The number of ether oxygens (including phenoxy) is 2. The molecule has 0 saturated carbocycles. The highest BCUT2D eigenvalue weighted by atomic mass is 19.1. The molecule has 1 aromatic carbocycles. The first-order valence-corrected chi connectivity index (χ1v) is 6.86. The topological polar surface area (TPSA) is 48.3 Å². The predicted molar refractivity (Wildman–Crippen MR) is 79.7 cm³/mol. The van der Waals surface area contributed by atoms with E-state index in [9.17, 15) is 4.39 Å². The number of rotatable bonds is 7. The number of nitrogens with one attached hydrogen (secondary N) is 1. The number of aryl methyl sites for hydroxylation is 1. The van der Waals surface area contributed by atoms with Gasteiger partial charge in [0.05, 0.1) is 18.9 Å². The summed E-state index contributed by atoms with van der Waals surface area (Å²) >= 11 is 0. The molecule has 0 atom stereocenters. The molecule has 1 N–H and O–H groups in total. The monoisotopic (exact) mass is 293 g/mol. The Morgan fingerprint density at radius 1 is 1.38 bits per heavy atom. The summed E-state index contributed by atoms with van der Waals surface area (Å²) in [5, 5.41) is 3.11. The van der Waals surface area contributed by atoms with Crippen molar-refractivity contribution >= 4 is 11.6 Å². The van der Waals surface area contributed by atoms with E-state index in [2.05, 4.69) is 10.3 Å².